The highest BCUT2D eigenvalue weighted by Crippen LogP contribution is 2.52. The van der Waals surface area contributed by atoms with Crippen molar-refractivity contribution in [2.24, 2.45) is 23.7 Å². The molecule has 2 aliphatic rings. The molecule has 0 aromatic rings. The molecule has 0 aromatic heterocycles. The third-order valence-electron chi connectivity index (χ3n) is 3.99. The van der Waals surface area contributed by atoms with Gasteiger partial charge in [0, 0.05) is 13.0 Å². The molecule has 0 aliphatic heterocycles. The molecular weight excluding hydrogens is 194 g/mol. The number of fused-ring (bicyclic) bond motifs is 2. The van der Waals surface area contributed by atoms with Crippen LogP contribution in [-0.4, -0.2) is 29.0 Å². The largest absolute Gasteiger partial charge is 0.300 e. The molecule has 4 heteroatoms. The molecular formula is C11H17NO3. The topological polar surface area (TPSA) is 57.6 Å². The first-order chi connectivity index (χ1) is 7.02. The van der Waals surface area contributed by atoms with E-state index >= 15 is 0 Å². The number of Topliss-reactive ketones (excluding diaryl/α,β-unsaturated/α-hetero) is 1. The summed E-state index contributed by atoms with van der Waals surface area (Å²) in [7, 11) is 1.34. The van der Waals surface area contributed by atoms with Crippen LogP contribution in [0.1, 0.15) is 26.2 Å². The van der Waals surface area contributed by atoms with Gasteiger partial charge in [0.2, 0.25) is 5.91 Å². The summed E-state index contributed by atoms with van der Waals surface area (Å²) in [6, 6.07) is 0. The van der Waals surface area contributed by atoms with Crippen LogP contribution in [0, 0.1) is 23.7 Å². The van der Waals surface area contributed by atoms with Gasteiger partial charge in [-0.1, -0.05) is 0 Å². The molecule has 0 spiro atoms. The molecule has 2 fully saturated rings. The number of rotatable bonds is 2. The highest BCUT2D eigenvalue weighted by molar-refractivity contribution is 5.88. The first-order valence-electron chi connectivity index (χ1n) is 5.49. The van der Waals surface area contributed by atoms with Crippen molar-refractivity contribution in [3.63, 3.8) is 0 Å². The summed E-state index contributed by atoms with van der Waals surface area (Å²) in [4.78, 5) is 23.3. The van der Waals surface area contributed by atoms with Gasteiger partial charge in [0.15, 0.2) is 0 Å². The van der Waals surface area contributed by atoms with Crippen LogP contribution in [0.2, 0.25) is 0 Å². The van der Waals surface area contributed by atoms with Gasteiger partial charge in [0.1, 0.15) is 5.78 Å². The molecule has 2 bridgehead atoms. The van der Waals surface area contributed by atoms with Crippen molar-refractivity contribution in [2.45, 2.75) is 26.2 Å². The lowest BCUT2D eigenvalue weighted by Gasteiger charge is -2.29. The Morgan fingerprint density at radius 2 is 1.73 bits per heavy atom. The van der Waals surface area contributed by atoms with E-state index in [2.05, 4.69) is 0 Å². The average Bonchev–Trinajstić information content (AvgIpc) is 2.74. The van der Waals surface area contributed by atoms with Crippen molar-refractivity contribution in [3.8, 4) is 0 Å². The molecule has 0 heterocycles. The number of hydroxylamine groups is 2. The molecule has 0 saturated heterocycles. The minimum Gasteiger partial charge on any atom is -0.300 e. The van der Waals surface area contributed by atoms with Crippen LogP contribution in [0.15, 0.2) is 0 Å². The number of hydrogen-bond acceptors (Lipinski definition) is 3. The molecule has 2 aliphatic carbocycles. The molecule has 0 aromatic carbocycles. The smallest absolute Gasteiger partial charge is 0.249 e. The molecule has 1 N–H and O–H groups in total. The number of carbonyl (C=O) groups excluding carboxylic acids is 2. The van der Waals surface area contributed by atoms with E-state index in [1.165, 1.54) is 7.05 Å². The zero-order valence-electron chi connectivity index (χ0n) is 9.14. The maximum Gasteiger partial charge on any atom is 0.249 e. The van der Waals surface area contributed by atoms with Crippen molar-refractivity contribution in [1.29, 1.82) is 0 Å². The van der Waals surface area contributed by atoms with Crippen molar-refractivity contribution in [3.05, 3.63) is 0 Å². The Balaban J connectivity index is 2.22. The summed E-state index contributed by atoms with van der Waals surface area (Å²) < 4.78 is 0. The molecule has 84 valence electrons. The lowest BCUT2D eigenvalue weighted by Crippen LogP contribution is -2.40. The van der Waals surface area contributed by atoms with Crippen molar-refractivity contribution < 1.29 is 14.8 Å². The van der Waals surface area contributed by atoms with Crippen LogP contribution in [0.5, 0.6) is 0 Å². The summed E-state index contributed by atoms with van der Waals surface area (Å²) in [5.74, 6) is 0.0827. The average molecular weight is 211 g/mol. The molecule has 15 heavy (non-hydrogen) atoms. The number of ketones is 1. The zero-order chi connectivity index (χ0) is 11.2. The maximum atomic E-state index is 11.8. The summed E-state index contributed by atoms with van der Waals surface area (Å²) in [5.41, 5.74) is 0. The quantitative estimate of drug-likeness (QED) is 0.549. The normalized spacial score (nSPS) is 38.1. The van der Waals surface area contributed by atoms with Gasteiger partial charge in [-0.25, -0.2) is 5.06 Å². The van der Waals surface area contributed by atoms with Crippen LogP contribution in [0.3, 0.4) is 0 Å². The molecule has 0 radical (unpaired) electrons. The Morgan fingerprint density at radius 3 is 2.20 bits per heavy atom. The number of nitrogens with zero attached hydrogens (tertiary/aromatic N) is 1. The monoisotopic (exact) mass is 211 g/mol. The lowest BCUT2D eigenvalue weighted by molar-refractivity contribution is -0.169. The van der Waals surface area contributed by atoms with Crippen LogP contribution < -0.4 is 0 Å². The summed E-state index contributed by atoms with van der Waals surface area (Å²) in [5, 5.41) is 9.82. The van der Waals surface area contributed by atoms with E-state index in [-0.39, 0.29) is 23.5 Å². The summed E-state index contributed by atoms with van der Waals surface area (Å²) >= 11 is 0. The predicted molar refractivity (Wildman–Crippen MR) is 53.0 cm³/mol. The third kappa shape index (κ3) is 1.57. The molecule has 4 atom stereocenters. The van der Waals surface area contributed by atoms with Gasteiger partial charge in [-0.05, 0) is 38.0 Å². The second-order valence-corrected chi connectivity index (χ2v) is 4.86. The Labute approximate surface area is 89.2 Å². The fraction of sp³-hybridized carbons (Fsp3) is 0.818. The first kappa shape index (κ1) is 10.6. The Morgan fingerprint density at radius 1 is 1.20 bits per heavy atom. The highest BCUT2D eigenvalue weighted by atomic mass is 16.5. The molecule has 4 nitrogen and oxygen atoms in total. The lowest BCUT2D eigenvalue weighted by atomic mass is 9.77. The van der Waals surface area contributed by atoms with Gasteiger partial charge in [0.05, 0.1) is 5.92 Å². The molecule has 1 amide bonds. The molecule has 2 saturated carbocycles. The van der Waals surface area contributed by atoms with E-state index in [1.807, 2.05) is 0 Å². The van der Waals surface area contributed by atoms with E-state index in [1.54, 1.807) is 6.92 Å². The summed E-state index contributed by atoms with van der Waals surface area (Å²) in [6.07, 6.45) is 3.07. The highest BCUT2D eigenvalue weighted by Gasteiger charge is 2.53. The van der Waals surface area contributed by atoms with E-state index in [0.29, 0.717) is 16.9 Å². The van der Waals surface area contributed by atoms with Crippen LogP contribution >= 0.6 is 0 Å². The molecule has 2 rings (SSSR count). The number of amides is 1. The van der Waals surface area contributed by atoms with Crippen LogP contribution in [0.4, 0.5) is 0 Å². The SMILES string of the molecule is CC(=O)[C@@H]1C2CCC(C2)[C@@H]1C(=O)N(C)O. The minimum absolute atomic E-state index is 0.0994. The van der Waals surface area contributed by atoms with E-state index in [0.717, 1.165) is 19.3 Å². The van der Waals surface area contributed by atoms with Gasteiger partial charge < -0.3 is 0 Å². The van der Waals surface area contributed by atoms with Gasteiger partial charge in [-0.15, -0.1) is 0 Å². The third-order valence-corrected chi connectivity index (χ3v) is 3.99. The Hall–Kier alpha value is -0.900. The molecule has 2 unspecified atom stereocenters. The first-order valence-corrected chi connectivity index (χ1v) is 5.49. The number of hydrogen-bond donors (Lipinski definition) is 1. The number of carbonyl (C=O) groups is 2. The summed E-state index contributed by atoms with van der Waals surface area (Å²) in [6.45, 7) is 1.56. The van der Waals surface area contributed by atoms with Crippen molar-refractivity contribution in [2.75, 3.05) is 7.05 Å². The predicted octanol–water partition coefficient (Wildman–Crippen LogP) is 1.09. The van der Waals surface area contributed by atoms with E-state index in [9.17, 15) is 14.8 Å². The van der Waals surface area contributed by atoms with E-state index < -0.39 is 0 Å². The minimum atomic E-state index is -0.289. The van der Waals surface area contributed by atoms with Crippen molar-refractivity contribution in [1.82, 2.24) is 5.06 Å². The fourth-order valence-corrected chi connectivity index (χ4v) is 3.45. The zero-order valence-corrected chi connectivity index (χ0v) is 9.14. The van der Waals surface area contributed by atoms with Crippen LogP contribution in [0.25, 0.3) is 0 Å². The van der Waals surface area contributed by atoms with E-state index in [4.69, 9.17) is 0 Å². The van der Waals surface area contributed by atoms with Gasteiger partial charge in [-0.3, -0.25) is 14.8 Å². The van der Waals surface area contributed by atoms with Gasteiger partial charge in [-0.2, -0.15) is 0 Å². The van der Waals surface area contributed by atoms with Gasteiger partial charge in [0.25, 0.3) is 0 Å². The van der Waals surface area contributed by atoms with Gasteiger partial charge >= 0.3 is 0 Å². The Kier molecular flexibility index (Phi) is 2.54. The van der Waals surface area contributed by atoms with Crippen LogP contribution in [-0.2, 0) is 9.59 Å². The second kappa shape index (κ2) is 3.59. The Bertz CT molecular complexity index is 300. The second-order valence-electron chi connectivity index (χ2n) is 4.86. The maximum absolute atomic E-state index is 11.8. The standard InChI is InChI=1S/C11H17NO3/c1-6(13)9-7-3-4-8(5-7)10(9)11(14)12(2)15/h7-10,15H,3-5H2,1-2H3/t7?,8?,9-,10+/m1/s1. The van der Waals surface area contributed by atoms with Crippen molar-refractivity contribution >= 4 is 11.7 Å². The fourth-order valence-electron chi connectivity index (χ4n) is 3.45.